The first-order chi connectivity index (χ1) is 10.1. The number of benzene rings is 2. The third-order valence-electron chi connectivity index (χ3n) is 3.26. The monoisotopic (exact) mass is 286 g/mol. The molecule has 2 aromatic rings. The Morgan fingerprint density at radius 3 is 2.52 bits per heavy atom. The van der Waals surface area contributed by atoms with Gasteiger partial charge in [0, 0.05) is 12.5 Å². The van der Waals surface area contributed by atoms with Crippen LogP contribution in [0.2, 0.25) is 0 Å². The molecule has 0 amide bonds. The van der Waals surface area contributed by atoms with E-state index in [0.717, 1.165) is 11.1 Å². The highest BCUT2D eigenvalue weighted by Crippen LogP contribution is 2.21. The Hall–Kier alpha value is -2.49. The maximum atomic E-state index is 11.4. The Labute approximate surface area is 123 Å². The molecule has 110 valence electrons. The smallest absolute Gasteiger partial charge is 0.345 e. The summed E-state index contributed by atoms with van der Waals surface area (Å²) in [6, 6.07) is 14.6. The number of rotatable bonds is 6. The van der Waals surface area contributed by atoms with Gasteiger partial charge in [0.1, 0.15) is 11.5 Å². The van der Waals surface area contributed by atoms with Crippen LogP contribution in [0.5, 0.6) is 11.5 Å². The van der Waals surface area contributed by atoms with Gasteiger partial charge in [0.2, 0.25) is 0 Å². The number of aliphatic carboxylic acids is 1. The summed E-state index contributed by atoms with van der Waals surface area (Å²) in [4.78, 5) is 11.4. The number of ether oxygens (including phenoxy) is 2. The summed E-state index contributed by atoms with van der Waals surface area (Å²) in [5.41, 5.74) is 2.02. The van der Waals surface area contributed by atoms with Crippen LogP contribution in [-0.4, -0.2) is 24.3 Å². The Morgan fingerprint density at radius 2 is 1.86 bits per heavy atom. The van der Waals surface area contributed by atoms with Crippen LogP contribution < -0.4 is 9.47 Å². The summed E-state index contributed by atoms with van der Waals surface area (Å²) in [5, 5.41) is 9.36. The van der Waals surface area contributed by atoms with Gasteiger partial charge in [0.15, 0.2) is 6.10 Å². The average Bonchev–Trinajstić information content (AvgIpc) is 2.49. The summed E-state index contributed by atoms with van der Waals surface area (Å²) in [7, 11) is 1.56. The molecule has 4 heteroatoms. The lowest BCUT2D eigenvalue weighted by atomic mass is 10.0. The summed E-state index contributed by atoms with van der Waals surface area (Å²) >= 11 is 0. The van der Waals surface area contributed by atoms with E-state index < -0.39 is 12.1 Å². The lowest BCUT2D eigenvalue weighted by molar-refractivity contribution is -0.145. The zero-order chi connectivity index (χ0) is 15.2. The quantitative estimate of drug-likeness (QED) is 0.886. The number of carboxylic acid groups (broad SMARTS) is 1. The van der Waals surface area contributed by atoms with Crippen molar-refractivity contribution < 1.29 is 19.4 Å². The molecule has 21 heavy (non-hydrogen) atoms. The van der Waals surface area contributed by atoms with Gasteiger partial charge in [0.25, 0.3) is 0 Å². The number of hydrogen-bond donors (Lipinski definition) is 1. The summed E-state index contributed by atoms with van der Waals surface area (Å²) in [5.74, 6) is 0.129. The van der Waals surface area contributed by atoms with Crippen molar-refractivity contribution in [3.05, 3.63) is 59.7 Å². The Kier molecular flexibility index (Phi) is 4.82. The Morgan fingerprint density at radius 1 is 1.14 bits per heavy atom. The second-order valence-electron chi connectivity index (χ2n) is 4.75. The summed E-state index contributed by atoms with van der Waals surface area (Å²) in [6.07, 6.45) is -0.614. The maximum absolute atomic E-state index is 11.4. The second-order valence-corrected chi connectivity index (χ2v) is 4.75. The third kappa shape index (κ3) is 3.99. The van der Waals surface area contributed by atoms with Crippen LogP contribution in [0.1, 0.15) is 11.1 Å². The van der Waals surface area contributed by atoms with E-state index >= 15 is 0 Å². The molecule has 0 aliphatic rings. The molecular weight excluding hydrogens is 268 g/mol. The normalized spacial score (nSPS) is 11.7. The minimum absolute atomic E-state index is 0.319. The van der Waals surface area contributed by atoms with Crippen LogP contribution in [0.25, 0.3) is 0 Å². The van der Waals surface area contributed by atoms with Gasteiger partial charge in [0.05, 0.1) is 7.11 Å². The van der Waals surface area contributed by atoms with Crippen LogP contribution in [0, 0.1) is 6.92 Å². The van der Waals surface area contributed by atoms with E-state index in [0.29, 0.717) is 17.9 Å². The molecule has 0 aliphatic heterocycles. The highest BCUT2D eigenvalue weighted by atomic mass is 16.5. The van der Waals surface area contributed by atoms with Gasteiger partial charge in [-0.15, -0.1) is 0 Å². The molecule has 0 saturated carbocycles. The molecule has 0 radical (unpaired) electrons. The van der Waals surface area contributed by atoms with E-state index in [4.69, 9.17) is 9.47 Å². The molecule has 0 aliphatic carbocycles. The third-order valence-corrected chi connectivity index (χ3v) is 3.26. The fourth-order valence-electron chi connectivity index (χ4n) is 2.06. The van der Waals surface area contributed by atoms with Gasteiger partial charge in [-0.2, -0.15) is 0 Å². The Balaban J connectivity index is 2.16. The minimum atomic E-state index is -0.985. The van der Waals surface area contributed by atoms with E-state index in [-0.39, 0.29) is 0 Å². The first-order valence-corrected chi connectivity index (χ1v) is 6.68. The zero-order valence-electron chi connectivity index (χ0n) is 12.1. The lowest BCUT2D eigenvalue weighted by Crippen LogP contribution is -2.29. The second kappa shape index (κ2) is 6.79. The number of methoxy groups -OCH3 is 1. The maximum Gasteiger partial charge on any atom is 0.345 e. The van der Waals surface area contributed by atoms with Crippen molar-refractivity contribution in [1.82, 2.24) is 0 Å². The van der Waals surface area contributed by atoms with Gasteiger partial charge < -0.3 is 14.6 Å². The number of hydrogen-bond acceptors (Lipinski definition) is 3. The topological polar surface area (TPSA) is 55.8 Å². The molecule has 2 aromatic carbocycles. The molecule has 2 rings (SSSR count). The molecule has 0 aromatic heterocycles. The highest BCUT2D eigenvalue weighted by Gasteiger charge is 2.21. The van der Waals surface area contributed by atoms with Gasteiger partial charge in [-0.1, -0.05) is 30.3 Å². The average molecular weight is 286 g/mol. The fourth-order valence-corrected chi connectivity index (χ4v) is 2.06. The van der Waals surface area contributed by atoms with Crippen LogP contribution in [0.3, 0.4) is 0 Å². The number of carbonyl (C=O) groups is 1. The molecule has 0 unspecified atom stereocenters. The van der Waals surface area contributed by atoms with Gasteiger partial charge in [-0.3, -0.25) is 0 Å². The Bertz CT molecular complexity index is 622. The van der Waals surface area contributed by atoms with Crippen molar-refractivity contribution in [3.63, 3.8) is 0 Å². The van der Waals surface area contributed by atoms with Crippen molar-refractivity contribution in [2.24, 2.45) is 0 Å². The van der Waals surface area contributed by atoms with Crippen molar-refractivity contribution in [2.45, 2.75) is 19.4 Å². The first kappa shape index (κ1) is 14.9. The number of carboxylic acids is 1. The van der Waals surface area contributed by atoms with E-state index in [1.54, 1.807) is 31.4 Å². The molecule has 0 spiro atoms. The van der Waals surface area contributed by atoms with Crippen molar-refractivity contribution in [3.8, 4) is 11.5 Å². The van der Waals surface area contributed by atoms with Gasteiger partial charge >= 0.3 is 5.97 Å². The van der Waals surface area contributed by atoms with Crippen molar-refractivity contribution >= 4 is 5.97 Å². The van der Waals surface area contributed by atoms with E-state index in [1.807, 2.05) is 31.2 Å². The van der Waals surface area contributed by atoms with Crippen molar-refractivity contribution in [1.29, 1.82) is 0 Å². The van der Waals surface area contributed by atoms with Gasteiger partial charge in [-0.05, 0) is 30.2 Å². The first-order valence-electron chi connectivity index (χ1n) is 6.68. The number of aryl methyl sites for hydroxylation is 1. The molecule has 0 saturated heterocycles. The highest BCUT2D eigenvalue weighted by molar-refractivity contribution is 5.73. The molecule has 1 atom stereocenters. The van der Waals surface area contributed by atoms with E-state index in [2.05, 4.69) is 0 Å². The van der Waals surface area contributed by atoms with Crippen LogP contribution in [-0.2, 0) is 11.2 Å². The molecule has 0 fully saturated rings. The molecule has 4 nitrogen and oxygen atoms in total. The molecule has 1 N–H and O–H groups in total. The predicted molar refractivity (Wildman–Crippen MR) is 79.9 cm³/mol. The molecule has 0 heterocycles. The molecular formula is C17H18O4. The van der Waals surface area contributed by atoms with Gasteiger partial charge in [-0.25, -0.2) is 4.79 Å². The van der Waals surface area contributed by atoms with E-state index in [1.165, 1.54) is 0 Å². The van der Waals surface area contributed by atoms with Crippen molar-refractivity contribution in [2.75, 3.05) is 7.11 Å². The van der Waals surface area contributed by atoms with Crippen LogP contribution in [0.15, 0.2) is 48.5 Å². The standard InChI is InChI=1S/C17H18O4/c1-12-6-3-4-7-13(12)10-16(17(18)19)21-15-9-5-8-14(11-15)20-2/h3-9,11,16H,10H2,1-2H3,(H,18,19)/t16-/m0/s1. The SMILES string of the molecule is COc1cccc(O[C@@H](Cc2ccccc2C)C(=O)O)c1. The fraction of sp³-hybridized carbons (Fsp3) is 0.235. The predicted octanol–water partition coefficient (Wildman–Crippen LogP) is 3.08. The summed E-state index contributed by atoms with van der Waals surface area (Å²) < 4.78 is 10.7. The van der Waals surface area contributed by atoms with E-state index in [9.17, 15) is 9.90 Å². The minimum Gasteiger partial charge on any atom is -0.497 e. The zero-order valence-corrected chi connectivity index (χ0v) is 12.1. The lowest BCUT2D eigenvalue weighted by Gasteiger charge is -2.16. The summed E-state index contributed by atoms with van der Waals surface area (Å²) in [6.45, 7) is 1.96. The van der Waals surface area contributed by atoms with Crippen LogP contribution >= 0.6 is 0 Å². The van der Waals surface area contributed by atoms with Crippen LogP contribution in [0.4, 0.5) is 0 Å². The molecule has 0 bridgehead atoms. The largest absolute Gasteiger partial charge is 0.497 e.